The number of carbonyl (C=O) groups is 1. The first-order chi connectivity index (χ1) is 12.0. The van der Waals surface area contributed by atoms with Gasteiger partial charge >= 0.3 is 0 Å². The molecule has 3 rings (SSSR count). The highest BCUT2D eigenvalue weighted by Gasteiger charge is 2.15. The number of hydrogen-bond acceptors (Lipinski definition) is 7. The van der Waals surface area contributed by atoms with Gasteiger partial charge in [0, 0.05) is 16.5 Å². The molecule has 0 bridgehead atoms. The Hall–Kier alpha value is -3.26. The average molecular weight is 358 g/mol. The molecule has 1 amide bonds. The number of hydrogen-bond donors (Lipinski definition) is 4. The number of phenolic OH excluding ortho intramolecular Hbond substituents is 3. The third kappa shape index (κ3) is 3.48. The second kappa shape index (κ2) is 6.70. The van der Waals surface area contributed by atoms with Gasteiger partial charge in [-0.3, -0.25) is 10.1 Å². The number of phenols is 3. The molecule has 0 spiro atoms. The Morgan fingerprint density at radius 3 is 2.36 bits per heavy atom. The van der Waals surface area contributed by atoms with Gasteiger partial charge in [-0.2, -0.15) is 0 Å². The Morgan fingerprint density at radius 1 is 1.12 bits per heavy atom. The Kier molecular flexibility index (Phi) is 4.44. The van der Waals surface area contributed by atoms with Crippen molar-refractivity contribution in [3.05, 3.63) is 47.3 Å². The van der Waals surface area contributed by atoms with E-state index in [9.17, 15) is 20.1 Å². The summed E-state index contributed by atoms with van der Waals surface area (Å²) >= 11 is 1.24. The van der Waals surface area contributed by atoms with Gasteiger partial charge in [-0.05, 0) is 36.4 Å². The molecule has 0 aliphatic rings. The van der Waals surface area contributed by atoms with Crippen molar-refractivity contribution in [1.82, 2.24) is 4.98 Å². The smallest absolute Gasteiger partial charge is 0.257 e. The molecule has 128 valence electrons. The topological polar surface area (TPSA) is 112 Å². The molecule has 0 aliphatic carbocycles. The van der Waals surface area contributed by atoms with E-state index >= 15 is 0 Å². The van der Waals surface area contributed by atoms with Crippen LogP contribution in [-0.2, 0) is 0 Å². The molecule has 3 aromatic rings. The van der Waals surface area contributed by atoms with Crippen LogP contribution in [0.4, 0.5) is 5.13 Å². The predicted octanol–water partition coefficient (Wildman–Crippen LogP) is 3.19. The fraction of sp³-hybridized carbons (Fsp3) is 0.0588. The fourth-order valence-electron chi connectivity index (χ4n) is 2.13. The normalized spacial score (nSPS) is 10.4. The van der Waals surface area contributed by atoms with E-state index < -0.39 is 23.2 Å². The Balaban J connectivity index is 1.77. The summed E-state index contributed by atoms with van der Waals surface area (Å²) in [5, 5.41) is 33.0. The third-order valence-corrected chi connectivity index (χ3v) is 4.20. The number of thiazole rings is 1. The number of nitrogens with one attached hydrogen (secondary N) is 1. The van der Waals surface area contributed by atoms with Crippen LogP contribution in [-0.4, -0.2) is 33.3 Å². The summed E-state index contributed by atoms with van der Waals surface area (Å²) < 4.78 is 5.11. The lowest BCUT2D eigenvalue weighted by molar-refractivity contribution is 0.102. The molecule has 0 saturated heterocycles. The van der Waals surface area contributed by atoms with Crippen LogP contribution in [0.15, 0.2) is 41.8 Å². The van der Waals surface area contributed by atoms with E-state index in [1.165, 1.54) is 11.3 Å². The van der Waals surface area contributed by atoms with Crippen LogP contribution < -0.4 is 10.1 Å². The van der Waals surface area contributed by atoms with Gasteiger partial charge in [0.05, 0.1) is 12.8 Å². The molecule has 25 heavy (non-hydrogen) atoms. The highest BCUT2D eigenvalue weighted by Crippen LogP contribution is 2.35. The maximum atomic E-state index is 12.2. The van der Waals surface area contributed by atoms with Crippen LogP contribution in [0.3, 0.4) is 0 Å². The van der Waals surface area contributed by atoms with Gasteiger partial charge in [-0.1, -0.05) is 0 Å². The summed E-state index contributed by atoms with van der Waals surface area (Å²) in [6, 6.07) is 9.46. The van der Waals surface area contributed by atoms with Crippen molar-refractivity contribution in [2.75, 3.05) is 12.4 Å². The summed E-state index contributed by atoms with van der Waals surface area (Å²) in [6.45, 7) is 0. The van der Waals surface area contributed by atoms with Crippen LogP contribution in [0.1, 0.15) is 10.4 Å². The van der Waals surface area contributed by atoms with Crippen molar-refractivity contribution >= 4 is 22.4 Å². The minimum Gasteiger partial charge on any atom is -0.504 e. The highest BCUT2D eigenvalue weighted by molar-refractivity contribution is 7.14. The van der Waals surface area contributed by atoms with E-state index in [0.717, 1.165) is 23.4 Å². The van der Waals surface area contributed by atoms with Crippen LogP contribution in [0.5, 0.6) is 23.0 Å². The minimum absolute atomic E-state index is 0.00556. The van der Waals surface area contributed by atoms with Crippen LogP contribution in [0.25, 0.3) is 11.3 Å². The first-order valence-corrected chi connectivity index (χ1v) is 8.02. The molecule has 7 nitrogen and oxygen atoms in total. The lowest BCUT2D eigenvalue weighted by atomic mass is 10.1. The van der Waals surface area contributed by atoms with Crippen LogP contribution in [0, 0.1) is 0 Å². The molecule has 0 unspecified atom stereocenters. The number of anilines is 1. The van der Waals surface area contributed by atoms with Gasteiger partial charge in [-0.25, -0.2) is 4.98 Å². The first kappa shape index (κ1) is 16.6. The molecular formula is C17H14N2O5S. The van der Waals surface area contributed by atoms with Gasteiger partial charge in [0.1, 0.15) is 5.75 Å². The molecule has 1 heterocycles. The maximum Gasteiger partial charge on any atom is 0.257 e. The van der Waals surface area contributed by atoms with E-state index in [4.69, 9.17) is 4.74 Å². The third-order valence-electron chi connectivity index (χ3n) is 3.44. The zero-order valence-electron chi connectivity index (χ0n) is 13.1. The zero-order valence-corrected chi connectivity index (χ0v) is 13.9. The SMILES string of the molecule is COc1ccc(-c2csc(NC(=O)c3cc(O)c(O)c(O)c3)n2)cc1. The average Bonchev–Trinajstić information content (AvgIpc) is 3.07. The number of nitrogens with zero attached hydrogens (tertiary/aromatic N) is 1. The van der Waals surface area contributed by atoms with Gasteiger partial charge in [0.2, 0.25) is 0 Å². The largest absolute Gasteiger partial charge is 0.504 e. The number of carbonyl (C=O) groups excluding carboxylic acids is 1. The van der Waals surface area contributed by atoms with Crippen molar-refractivity contribution < 1.29 is 24.9 Å². The van der Waals surface area contributed by atoms with Crippen molar-refractivity contribution in [2.45, 2.75) is 0 Å². The Labute approximate surface area is 146 Å². The summed E-state index contributed by atoms with van der Waals surface area (Å²) in [5.41, 5.74) is 1.56. The van der Waals surface area contributed by atoms with E-state index in [1.807, 2.05) is 24.3 Å². The van der Waals surface area contributed by atoms with E-state index in [0.29, 0.717) is 10.8 Å². The summed E-state index contributed by atoms with van der Waals surface area (Å²) in [7, 11) is 1.59. The molecule has 2 aromatic carbocycles. The van der Waals surface area contributed by atoms with E-state index in [-0.39, 0.29) is 5.56 Å². The Morgan fingerprint density at radius 2 is 1.76 bits per heavy atom. The zero-order chi connectivity index (χ0) is 18.0. The summed E-state index contributed by atoms with van der Waals surface area (Å²) in [4.78, 5) is 16.5. The number of aromatic hydroxyl groups is 3. The molecule has 0 saturated carbocycles. The summed E-state index contributed by atoms with van der Waals surface area (Å²) in [6.07, 6.45) is 0. The lowest BCUT2D eigenvalue weighted by Gasteiger charge is -2.05. The van der Waals surface area contributed by atoms with E-state index in [1.54, 1.807) is 12.5 Å². The highest BCUT2D eigenvalue weighted by atomic mass is 32.1. The molecule has 0 aliphatic heterocycles. The maximum absolute atomic E-state index is 12.2. The predicted molar refractivity (Wildman–Crippen MR) is 93.5 cm³/mol. The minimum atomic E-state index is -0.674. The second-order valence-corrected chi connectivity index (χ2v) is 5.94. The first-order valence-electron chi connectivity index (χ1n) is 7.14. The quantitative estimate of drug-likeness (QED) is 0.533. The van der Waals surface area contributed by atoms with Gasteiger partial charge in [-0.15, -0.1) is 11.3 Å². The lowest BCUT2D eigenvalue weighted by Crippen LogP contribution is -2.11. The van der Waals surface area contributed by atoms with Crippen molar-refractivity contribution in [3.63, 3.8) is 0 Å². The van der Waals surface area contributed by atoms with Gasteiger partial charge in [0.15, 0.2) is 22.4 Å². The van der Waals surface area contributed by atoms with Crippen LogP contribution in [0.2, 0.25) is 0 Å². The molecule has 0 radical (unpaired) electrons. The number of ether oxygens (including phenoxy) is 1. The Bertz CT molecular complexity index is 898. The number of methoxy groups -OCH3 is 1. The van der Waals surface area contributed by atoms with Crippen molar-refractivity contribution in [2.24, 2.45) is 0 Å². The van der Waals surface area contributed by atoms with Crippen molar-refractivity contribution in [3.8, 4) is 34.3 Å². The molecule has 4 N–H and O–H groups in total. The van der Waals surface area contributed by atoms with Gasteiger partial charge < -0.3 is 20.1 Å². The summed E-state index contributed by atoms with van der Waals surface area (Å²) in [5.74, 6) is -1.67. The van der Waals surface area contributed by atoms with Gasteiger partial charge in [0.25, 0.3) is 5.91 Å². The standard InChI is InChI=1S/C17H14N2O5S/c1-24-11-4-2-9(3-5-11)12-8-25-17(18-12)19-16(23)10-6-13(20)15(22)14(21)7-10/h2-8,20-22H,1H3,(H,18,19,23). The second-order valence-electron chi connectivity index (χ2n) is 5.08. The number of amides is 1. The van der Waals surface area contributed by atoms with Crippen LogP contribution >= 0.6 is 11.3 Å². The molecular weight excluding hydrogens is 344 g/mol. The monoisotopic (exact) mass is 358 g/mol. The molecule has 0 fully saturated rings. The molecule has 8 heteroatoms. The number of rotatable bonds is 4. The number of aromatic nitrogens is 1. The molecule has 0 atom stereocenters. The molecule has 1 aromatic heterocycles. The van der Waals surface area contributed by atoms with Crippen molar-refractivity contribution in [1.29, 1.82) is 0 Å². The number of benzene rings is 2. The fourth-order valence-corrected chi connectivity index (χ4v) is 2.84. The van der Waals surface area contributed by atoms with E-state index in [2.05, 4.69) is 10.3 Å².